The van der Waals surface area contributed by atoms with Crippen molar-refractivity contribution in [2.45, 2.75) is 19.4 Å². The predicted octanol–water partition coefficient (Wildman–Crippen LogP) is 2.19. The maximum atomic E-state index is 13.1. The van der Waals surface area contributed by atoms with Crippen molar-refractivity contribution in [1.82, 2.24) is 15.2 Å². The molecule has 1 aliphatic heterocycles. The summed E-state index contributed by atoms with van der Waals surface area (Å²) in [6, 6.07) is 11.4. The van der Waals surface area contributed by atoms with Crippen molar-refractivity contribution in [3.63, 3.8) is 0 Å². The Balaban J connectivity index is 1.38. The second-order valence-corrected chi connectivity index (χ2v) is 6.72. The Hall–Kier alpha value is -2.80. The van der Waals surface area contributed by atoms with E-state index in [2.05, 4.69) is 20.5 Å². The number of amides is 2. The van der Waals surface area contributed by atoms with Gasteiger partial charge in [0.15, 0.2) is 0 Å². The molecule has 2 amide bonds. The van der Waals surface area contributed by atoms with Crippen molar-refractivity contribution >= 4 is 17.5 Å². The fourth-order valence-corrected chi connectivity index (χ4v) is 3.14. The van der Waals surface area contributed by atoms with Crippen LogP contribution in [0.25, 0.3) is 0 Å². The third-order valence-electron chi connectivity index (χ3n) is 4.66. The number of likely N-dealkylation sites (tertiary alicyclic amines) is 1. The molecule has 0 atom stereocenters. The van der Waals surface area contributed by atoms with Crippen LogP contribution in [0.2, 0.25) is 0 Å². The van der Waals surface area contributed by atoms with Gasteiger partial charge in [-0.2, -0.15) is 0 Å². The summed E-state index contributed by atoms with van der Waals surface area (Å²) >= 11 is 0. The highest BCUT2D eigenvalue weighted by molar-refractivity contribution is 6.39. The molecule has 2 heterocycles. The van der Waals surface area contributed by atoms with Gasteiger partial charge in [-0.25, -0.2) is 4.39 Å². The molecular formula is C20H23FN4O2. The highest BCUT2D eigenvalue weighted by Gasteiger charge is 2.21. The number of pyridine rings is 1. The Morgan fingerprint density at radius 2 is 1.93 bits per heavy atom. The molecule has 6 nitrogen and oxygen atoms in total. The SMILES string of the molecule is O=C(NCC1CCN(Cc2ccccn2)CC1)C(=O)Nc1cccc(F)c1. The van der Waals surface area contributed by atoms with Crippen molar-refractivity contribution in [2.75, 3.05) is 25.0 Å². The van der Waals surface area contributed by atoms with E-state index in [1.54, 1.807) is 6.20 Å². The molecule has 0 aliphatic carbocycles. The second kappa shape index (κ2) is 9.23. The third kappa shape index (κ3) is 5.86. The molecule has 1 saturated heterocycles. The number of carbonyl (C=O) groups is 2. The number of rotatable bonds is 5. The van der Waals surface area contributed by atoms with Crippen LogP contribution in [0.3, 0.4) is 0 Å². The summed E-state index contributed by atoms with van der Waals surface area (Å²) in [4.78, 5) is 30.5. The molecule has 1 aliphatic rings. The Morgan fingerprint density at radius 1 is 1.11 bits per heavy atom. The molecule has 3 rings (SSSR count). The van der Waals surface area contributed by atoms with E-state index in [0.29, 0.717) is 12.5 Å². The average molecular weight is 370 g/mol. The van der Waals surface area contributed by atoms with Gasteiger partial charge in [-0.3, -0.25) is 19.5 Å². The first-order chi connectivity index (χ1) is 13.1. The number of anilines is 1. The van der Waals surface area contributed by atoms with Crippen LogP contribution in [0.4, 0.5) is 10.1 Å². The zero-order valence-corrected chi connectivity index (χ0v) is 15.0. The zero-order valence-electron chi connectivity index (χ0n) is 15.0. The molecule has 0 saturated carbocycles. The molecule has 1 aromatic heterocycles. The summed E-state index contributed by atoms with van der Waals surface area (Å²) in [6.45, 7) is 3.17. The minimum Gasteiger partial charge on any atom is -0.348 e. The zero-order chi connectivity index (χ0) is 19.1. The van der Waals surface area contributed by atoms with Crippen molar-refractivity contribution in [3.05, 3.63) is 60.2 Å². The highest BCUT2D eigenvalue weighted by Crippen LogP contribution is 2.18. The monoisotopic (exact) mass is 370 g/mol. The Bertz CT molecular complexity index is 777. The highest BCUT2D eigenvalue weighted by atomic mass is 19.1. The van der Waals surface area contributed by atoms with E-state index in [1.807, 2.05) is 18.2 Å². The summed E-state index contributed by atoms with van der Waals surface area (Å²) < 4.78 is 13.1. The van der Waals surface area contributed by atoms with Crippen molar-refractivity contribution in [2.24, 2.45) is 5.92 Å². The van der Waals surface area contributed by atoms with Gasteiger partial charge in [0, 0.05) is 25.0 Å². The molecular weight excluding hydrogens is 347 g/mol. The minimum atomic E-state index is -0.784. The van der Waals surface area contributed by atoms with Crippen LogP contribution in [0.5, 0.6) is 0 Å². The van der Waals surface area contributed by atoms with Crippen molar-refractivity contribution in [3.8, 4) is 0 Å². The molecule has 0 spiro atoms. The number of nitrogens with zero attached hydrogens (tertiary/aromatic N) is 2. The van der Waals surface area contributed by atoms with Gasteiger partial charge in [0.1, 0.15) is 5.82 Å². The van der Waals surface area contributed by atoms with Gasteiger partial charge in [0.05, 0.1) is 5.69 Å². The number of hydrogen-bond donors (Lipinski definition) is 2. The molecule has 27 heavy (non-hydrogen) atoms. The number of piperidine rings is 1. The number of benzene rings is 1. The molecule has 2 aromatic rings. The van der Waals surface area contributed by atoms with E-state index >= 15 is 0 Å². The van der Waals surface area contributed by atoms with Crippen LogP contribution < -0.4 is 10.6 Å². The van der Waals surface area contributed by atoms with E-state index in [4.69, 9.17) is 0 Å². The number of carbonyl (C=O) groups excluding carboxylic acids is 2. The lowest BCUT2D eigenvalue weighted by Gasteiger charge is -2.31. The fourth-order valence-electron chi connectivity index (χ4n) is 3.14. The molecule has 0 bridgehead atoms. The number of aromatic nitrogens is 1. The molecule has 0 unspecified atom stereocenters. The standard InChI is InChI=1S/C20H23FN4O2/c21-16-4-3-6-17(12-16)24-20(27)19(26)23-13-15-7-10-25(11-8-15)14-18-5-1-2-9-22-18/h1-6,9,12,15H,7-8,10-11,13-14H2,(H,23,26)(H,24,27). The van der Waals surface area contributed by atoms with Crippen LogP contribution in [0.1, 0.15) is 18.5 Å². The number of halogens is 1. The predicted molar refractivity (Wildman–Crippen MR) is 100 cm³/mol. The second-order valence-electron chi connectivity index (χ2n) is 6.72. The van der Waals surface area contributed by atoms with E-state index in [9.17, 15) is 14.0 Å². The molecule has 7 heteroatoms. The van der Waals surface area contributed by atoms with Crippen molar-refractivity contribution in [1.29, 1.82) is 0 Å². The van der Waals surface area contributed by atoms with Crippen LogP contribution in [0, 0.1) is 11.7 Å². The van der Waals surface area contributed by atoms with Crippen LogP contribution in [0.15, 0.2) is 48.7 Å². The molecule has 142 valence electrons. The average Bonchev–Trinajstić information content (AvgIpc) is 2.68. The van der Waals surface area contributed by atoms with E-state index < -0.39 is 17.6 Å². The van der Waals surface area contributed by atoms with Gasteiger partial charge in [0.2, 0.25) is 0 Å². The largest absolute Gasteiger partial charge is 0.348 e. The van der Waals surface area contributed by atoms with E-state index in [-0.39, 0.29) is 5.69 Å². The lowest BCUT2D eigenvalue weighted by atomic mass is 9.96. The summed E-state index contributed by atoms with van der Waals surface area (Å²) in [5, 5.41) is 5.07. The smallest absolute Gasteiger partial charge is 0.313 e. The summed E-state index contributed by atoms with van der Waals surface area (Å²) in [5.74, 6) is -1.61. The van der Waals surface area contributed by atoms with Gasteiger partial charge in [-0.15, -0.1) is 0 Å². The van der Waals surface area contributed by atoms with E-state index in [1.165, 1.54) is 24.3 Å². The molecule has 1 fully saturated rings. The first-order valence-electron chi connectivity index (χ1n) is 9.07. The summed E-state index contributed by atoms with van der Waals surface area (Å²) in [7, 11) is 0. The van der Waals surface area contributed by atoms with Gasteiger partial charge >= 0.3 is 11.8 Å². The van der Waals surface area contributed by atoms with Gasteiger partial charge in [-0.1, -0.05) is 12.1 Å². The number of nitrogens with one attached hydrogen (secondary N) is 2. The first-order valence-corrected chi connectivity index (χ1v) is 9.07. The molecule has 2 N–H and O–H groups in total. The van der Waals surface area contributed by atoms with Gasteiger partial charge in [0.25, 0.3) is 0 Å². The Labute approximate surface area is 157 Å². The van der Waals surface area contributed by atoms with Crippen LogP contribution in [-0.4, -0.2) is 41.3 Å². The quantitative estimate of drug-likeness (QED) is 0.792. The summed E-state index contributed by atoms with van der Waals surface area (Å²) in [5.41, 5.74) is 1.32. The Kier molecular flexibility index (Phi) is 6.49. The van der Waals surface area contributed by atoms with Crippen LogP contribution in [-0.2, 0) is 16.1 Å². The maximum Gasteiger partial charge on any atom is 0.313 e. The summed E-state index contributed by atoms with van der Waals surface area (Å²) in [6.07, 6.45) is 3.71. The van der Waals surface area contributed by atoms with Gasteiger partial charge < -0.3 is 10.6 Å². The normalized spacial score (nSPS) is 15.3. The number of hydrogen-bond acceptors (Lipinski definition) is 4. The lowest BCUT2D eigenvalue weighted by molar-refractivity contribution is -0.136. The molecule has 1 aromatic carbocycles. The topological polar surface area (TPSA) is 74.3 Å². The lowest BCUT2D eigenvalue weighted by Crippen LogP contribution is -2.41. The first kappa shape index (κ1) is 19.0. The fraction of sp³-hybridized carbons (Fsp3) is 0.350. The Morgan fingerprint density at radius 3 is 2.63 bits per heavy atom. The van der Waals surface area contributed by atoms with Crippen molar-refractivity contribution < 1.29 is 14.0 Å². The molecule has 0 radical (unpaired) electrons. The maximum absolute atomic E-state index is 13.1. The van der Waals surface area contributed by atoms with Crippen LogP contribution >= 0.6 is 0 Å². The van der Waals surface area contributed by atoms with Gasteiger partial charge in [-0.05, 0) is 62.2 Å². The van der Waals surface area contributed by atoms with E-state index in [0.717, 1.165) is 38.2 Å². The minimum absolute atomic E-state index is 0.262. The third-order valence-corrected chi connectivity index (χ3v) is 4.66.